The zero-order valence-electron chi connectivity index (χ0n) is 21.8. The van der Waals surface area contributed by atoms with E-state index in [0.717, 1.165) is 37.8 Å². The van der Waals surface area contributed by atoms with Gasteiger partial charge in [0.25, 0.3) is 5.92 Å². The van der Waals surface area contributed by atoms with Gasteiger partial charge >= 0.3 is 6.18 Å². The van der Waals surface area contributed by atoms with Gasteiger partial charge in [-0.2, -0.15) is 13.2 Å². The second-order valence-electron chi connectivity index (χ2n) is 11.1. The zero-order chi connectivity index (χ0) is 27.3. The number of benzene rings is 1. The number of anilines is 2. The van der Waals surface area contributed by atoms with Crippen molar-refractivity contribution >= 4 is 17.4 Å². The van der Waals surface area contributed by atoms with Gasteiger partial charge < -0.3 is 9.80 Å². The van der Waals surface area contributed by atoms with E-state index in [1.54, 1.807) is 25.1 Å². The quantitative estimate of drug-likeness (QED) is 0.408. The topological polar surface area (TPSA) is 49.3 Å². The summed E-state index contributed by atoms with van der Waals surface area (Å²) in [5, 5.41) is 0. The minimum Gasteiger partial charge on any atom is -0.351 e. The van der Waals surface area contributed by atoms with E-state index in [9.17, 15) is 26.7 Å². The SMILES string of the molecule is C[C@H](Cc1ncc2c(n1)N(C1CCCC1)CC(C)(C)C(=O)N2C)c1cc(C(C)(F)F)cc(C(F)(F)F)c1. The van der Waals surface area contributed by atoms with Gasteiger partial charge in [0.1, 0.15) is 11.5 Å². The Morgan fingerprint density at radius 2 is 1.70 bits per heavy atom. The highest BCUT2D eigenvalue weighted by Gasteiger charge is 2.41. The molecule has 0 radical (unpaired) electrons. The lowest BCUT2D eigenvalue weighted by Gasteiger charge is -2.34. The van der Waals surface area contributed by atoms with Gasteiger partial charge in [0, 0.05) is 38.5 Å². The first kappa shape index (κ1) is 27.3. The number of carbonyl (C=O) groups excluding carboxylic acids is 1. The fraction of sp³-hybridized carbons (Fsp3) is 0.593. The Morgan fingerprint density at radius 1 is 1.08 bits per heavy atom. The lowest BCUT2D eigenvalue weighted by Crippen LogP contribution is -2.45. The summed E-state index contributed by atoms with van der Waals surface area (Å²) in [4.78, 5) is 26.1. The molecule has 1 aliphatic heterocycles. The largest absolute Gasteiger partial charge is 0.416 e. The van der Waals surface area contributed by atoms with E-state index >= 15 is 0 Å². The summed E-state index contributed by atoms with van der Waals surface area (Å²) >= 11 is 0. The zero-order valence-corrected chi connectivity index (χ0v) is 21.8. The first-order valence-electron chi connectivity index (χ1n) is 12.6. The molecule has 1 amide bonds. The van der Waals surface area contributed by atoms with Crippen molar-refractivity contribution in [2.45, 2.75) is 83.9 Å². The summed E-state index contributed by atoms with van der Waals surface area (Å²) in [5.74, 6) is -2.99. The maximum Gasteiger partial charge on any atom is 0.416 e. The minimum absolute atomic E-state index is 0.0454. The first-order chi connectivity index (χ1) is 17.1. The fourth-order valence-electron chi connectivity index (χ4n) is 5.34. The average Bonchev–Trinajstić information content (AvgIpc) is 3.33. The lowest BCUT2D eigenvalue weighted by molar-refractivity contribution is -0.137. The molecule has 5 nitrogen and oxygen atoms in total. The Morgan fingerprint density at radius 3 is 2.30 bits per heavy atom. The maximum absolute atomic E-state index is 14.0. The van der Waals surface area contributed by atoms with Gasteiger partial charge in [0.15, 0.2) is 5.82 Å². The van der Waals surface area contributed by atoms with Crippen LogP contribution in [-0.4, -0.2) is 35.5 Å². The van der Waals surface area contributed by atoms with Gasteiger partial charge in [-0.1, -0.05) is 19.8 Å². The molecule has 10 heteroatoms. The molecule has 1 atom stereocenters. The summed E-state index contributed by atoms with van der Waals surface area (Å²) in [7, 11) is 1.70. The van der Waals surface area contributed by atoms with E-state index in [4.69, 9.17) is 4.98 Å². The van der Waals surface area contributed by atoms with Crippen LogP contribution >= 0.6 is 0 Å². The van der Waals surface area contributed by atoms with Gasteiger partial charge in [0.05, 0.1) is 17.2 Å². The Bertz CT molecular complexity index is 1140. The van der Waals surface area contributed by atoms with Crippen molar-refractivity contribution < 1.29 is 26.7 Å². The molecule has 0 unspecified atom stereocenters. The minimum atomic E-state index is -4.75. The van der Waals surface area contributed by atoms with Crippen LogP contribution in [0.5, 0.6) is 0 Å². The van der Waals surface area contributed by atoms with Crippen molar-refractivity contribution in [2.75, 3.05) is 23.4 Å². The van der Waals surface area contributed by atoms with E-state index in [1.165, 1.54) is 0 Å². The Labute approximate surface area is 214 Å². The molecule has 1 saturated carbocycles. The highest BCUT2D eigenvalue weighted by atomic mass is 19.4. The molecule has 4 rings (SSSR count). The van der Waals surface area contributed by atoms with Crippen LogP contribution in [-0.2, 0) is 23.3 Å². The highest BCUT2D eigenvalue weighted by Crippen LogP contribution is 2.41. The number of fused-ring (bicyclic) bond motifs is 1. The van der Waals surface area contributed by atoms with E-state index in [2.05, 4.69) is 9.88 Å². The van der Waals surface area contributed by atoms with Gasteiger partial charge in [-0.15, -0.1) is 0 Å². The first-order valence-corrected chi connectivity index (χ1v) is 12.6. The van der Waals surface area contributed by atoms with Crippen molar-refractivity contribution in [1.82, 2.24) is 9.97 Å². The number of halogens is 5. The van der Waals surface area contributed by atoms with Crippen molar-refractivity contribution in [2.24, 2.45) is 5.41 Å². The molecule has 2 aromatic rings. The standard InChI is InChI=1S/C27H33F5N4O/c1-16(17-11-18(26(4,28)29)13-19(12-17)27(30,31)32)10-22-33-14-21-23(34-22)36(20-8-6-7-9-20)15-25(2,3)24(37)35(21)5/h11-14,16,20H,6-10,15H2,1-5H3/t16-/m1/s1. The third kappa shape index (κ3) is 5.57. The molecule has 0 saturated heterocycles. The summed E-state index contributed by atoms with van der Waals surface area (Å²) in [5.41, 5.74) is -1.70. The molecular formula is C27H33F5N4O. The third-order valence-electron chi connectivity index (χ3n) is 7.50. The number of alkyl halides is 5. The highest BCUT2D eigenvalue weighted by molar-refractivity contribution is 6.00. The molecular weight excluding hydrogens is 491 g/mol. The maximum atomic E-state index is 14.0. The second kappa shape index (κ2) is 9.51. The molecule has 0 spiro atoms. The van der Waals surface area contributed by atoms with Crippen LogP contribution in [0.15, 0.2) is 24.4 Å². The van der Waals surface area contributed by atoms with Gasteiger partial charge in [-0.3, -0.25) is 4.79 Å². The summed E-state index contributed by atoms with van der Waals surface area (Å²) < 4.78 is 68.4. The molecule has 1 fully saturated rings. The predicted molar refractivity (Wildman–Crippen MR) is 132 cm³/mol. The van der Waals surface area contributed by atoms with Crippen LogP contribution < -0.4 is 9.80 Å². The number of amides is 1. The molecule has 1 aromatic carbocycles. The molecule has 2 aliphatic rings. The number of aromatic nitrogens is 2. The molecule has 37 heavy (non-hydrogen) atoms. The molecule has 202 valence electrons. The van der Waals surface area contributed by atoms with E-state index in [0.29, 0.717) is 36.9 Å². The lowest BCUT2D eigenvalue weighted by atomic mass is 9.91. The normalized spacial score (nSPS) is 19.7. The smallest absolute Gasteiger partial charge is 0.351 e. The predicted octanol–water partition coefficient (Wildman–Crippen LogP) is 6.70. The monoisotopic (exact) mass is 524 g/mol. The van der Waals surface area contributed by atoms with Crippen LogP contribution in [0.25, 0.3) is 0 Å². The van der Waals surface area contributed by atoms with Crippen molar-refractivity contribution in [3.63, 3.8) is 0 Å². The Hall–Kier alpha value is -2.78. The average molecular weight is 525 g/mol. The second-order valence-corrected chi connectivity index (χ2v) is 11.1. The molecule has 1 aliphatic carbocycles. The van der Waals surface area contributed by atoms with Crippen LogP contribution in [0, 0.1) is 5.41 Å². The number of rotatable bonds is 5. The van der Waals surface area contributed by atoms with Crippen LogP contribution in [0.2, 0.25) is 0 Å². The van der Waals surface area contributed by atoms with Crippen LogP contribution in [0.4, 0.5) is 33.5 Å². The molecule has 0 bridgehead atoms. The van der Waals surface area contributed by atoms with Crippen molar-refractivity contribution in [3.05, 3.63) is 46.9 Å². The van der Waals surface area contributed by atoms with E-state index < -0.39 is 34.6 Å². The third-order valence-corrected chi connectivity index (χ3v) is 7.50. The number of carbonyl (C=O) groups is 1. The van der Waals surface area contributed by atoms with Crippen molar-refractivity contribution in [3.8, 4) is 0 Å². The fourth-order valence-corrected chi connectivity index (χ4v) is 5.34. The van der Waals surface area contributed by atoms with E-state index in [-0.39, 0.29) is 23.9 Å². The molecule has 2 heterocycles. The van der Waals surface area contributed by atoms with Gasteiger partial charge in [-0.25, -0.2) is 18.7 Å². The summed E-state index contributed by atoms with van der Waals surface area (Å²) in [6, 6.07) is 2.78. The number of hydrogen-bond acceptors (Lipinski definition) is 4. The molecule has 0 N–H and O–H groups in total. The van der Waals surface area contributed by atoms with Crippen molar-refractivity contribution in [1.29, 1.82) is 0 Å². The number of nitrogens with zero attached hydrogens (tertiary/aromatic N) is 4. The van der Waals surface area contributed by atoms with Gasteiger partial charge in [-0.05, 0) is 56.4 Å². The Balaban J connectivity index is 1.71. The van der Waals surface area contributed by atoms with Crippen LogP contribution in [0.1, 0.15) is 81.8 Å². The Kier molecular flexibility index (Phi) is 7.01. The molecule has 1 aromatic heterocycles. The summed E-state index contributed by atoms with van der Waals surface area (Å²) in [6.07, 6.45) is 1.16. The van der Waals surface area contributed by atoms with Crippen LogP contribution in [0.3, 0.4) is 0 Å². The number of hydrogen-bond donors (Lipinski definition) is 0. The summed E-state index contributed by atoms with van der Waals surface area (Å²) in [6.45, 7) is 6.57. The van der Waals surface area contributed by atoms with E-state index in [1.807, 2.05) is 13.8 Å². The van der Waals surface area contributed by atoms with Gasteiger partial charge in [0.2, 0.25) is 5.91 Å².